The predicted molar refractivity (Wildman–Crippen MR) is 107 cm³/mol. The minimum absolute atomic E-state index is 0.0448. The lowest BCUT2D eigenvalue weighted by molar-refractivity contribution is 0.0704. The van der Waals surface area contributed by atoms with Gasteiger partial charge in [0.05, 0.1) is 5.56 Å². The average molecular weight is 378 g/mol. The van der Waals surface area contributed by atoms with Gasteiger partial charge < -0.3 is 9.47 Å². The summed E-state index contributed by atoms with van der Waals surface area (Å²) in [7, 11) is 0. The van der Waals surface area contributed by atoms with Crippen LogP contribution in [0.25, 0.3) is 11.4 Å². The standard InChI is InChI=1S/C21H26N6O/c1-2-3-11-26-13-10-22-20(26)16-7-6-12-27(14-16)21(28)18-9-5-4-8-17(18)19-23-15-24-25-19/h4-5,8-10,13,15-16H,2-3,6-7,11-12,14H2,1H3,(H,23,24,25)/t16-/m1/s1. The molecular formula is C21H26N6O. The number of rotatable bonds is 6. The number of H-pyrrole nitrogens is 1. The summed E-state index contributed by atoms with van der Waals surface area (Å²) in [6, 6.07) is 7.59. The summed E-state index contributed by atoms with van der Waals surface area (Å²) in [4.78, 5) is 24.1. The Morgan fingerprint density at radius 2 is 2.18 bits per heavy atom. The highest BCUT2D eigenvalue weighted by atomic mass is 16.2. The molecule has 7 heteroatoms. The molecule has 0 saturated carbocycles. The van der Waals surface area contributed by atoms with E-state index in [0.29, 0.717) is 17.9 Å². The van der Waals surface area contributed by atoms with Crippen molar-refractivity contribution >= 4 is 5.91 Å². The summed E-state index contributed by atoms with van der Waals surface area (Å²) in [6.45, 7) is 4.66. The van der Waals surface area contributed by atoms with Crippen LogP contribution >= 0.6 is 0 Å². The van der Waals surface area contributed by atoms with Crippen molar-refractivity contribution in [2.45, 2.75) is 45.1 Å². The van der Waals surface area contributed by atoms with Gasteiger partial charge in [-0.2, -0.15) is 5.10 Å². The number of nitrogens with one attached hydrogen (secondary N) is 1. The van der Waals surface area contributed by atoms with Crippen LogP contribution in [0, 0.1) is 0 Å². The third kappa shape index (κ3) is 3.69. The highest BCUT2D eigenvalue weighted by molar-refractivity contribution is 6.00. The normalized spacial score (nSPS) is 17.0. The molecule has 28 heavy (non-hydrogen) atoms. The molecule has 1 amide bonds. The molecule has 0 radical (unpaired) electrons. The fourth-order valence-corrected chi connectivity index (χ4v) is 3.95. The number of unbranched alkanes of at least 4 members (excludes halogenated alkanes) is 1. The molecule has 0 unspecified atom stereocenters. The van der Waals surface area contributed by atoms with Crippen molar-refractivity contribution in [3.63, 3.8) is 0 Å². The number of hydrogen-bond donors (Lipinski definition) is 1. The van der Waals surface area contributed by atoms with Crippen molar-refractivity contribution in [1.82, 2.24) is 29.6 Å². The monoisotopic (exact) mass is 378 g/mol. The number of carbonyl (C=O) groups is 1. The molecule has 0 aliphatic carbocycles. The number of likely N-dealkylation sites (tertiary alicyclic amines) is 1. The van der Waals surface area contributed by atoms with Gasteiger partial charge in [0, 0.05) is 43.5 Å². The molecule has 146 valence electrons. The Hall–Kier alpha value is -2.96. The van der Waals surface area contributed by atoms with Gasteiger partial charge in [-0.05, 0) is 25.3 Å². The smallest absolute Gasteiger partial charge is 0.254 e. The SMILES string of the molecule is CCCCn1ccnc1[C@@H]1CCCN(C(=O)c2ccccc2-c2ncn[nH]2)C1. The van der Waals surface area contributed by atoms with Crippen LogP contribution in [0.15, 0.2) is 43.0 Å². The minimum atomic E-state index is 0.0448. The summed E-state index contributed by atoms with van der Waals surface area (Å²) >= 11 is 0. The van der Waals surface area contributed by atoms with E-state index >= 15 is 0 Å². The second kappa shape index (κ2) is 8.37. The van der Waals surface area contributed by atoms with Gasteiger partial charge in [0.2, 0.25) is 0 Å². The van der Waals surface area contributed by atoms with Crippen molar-refractivity contribution in [3.8, 4) is 11.4 Å². The Kier molecular flexibility index (Phi) is 5.50. The molecule has 1 aliphatic rings. The summed E-state index contributed by atoms with van der Waals surface area (Å²) < 4.78 is 2.25. The van der Waals surface area contributed by atoms with Crippen LogP contribution < -0.4 is 0 Å². The van der Waals surface area contributed by atoms with Crippen LogP contribution in [-0.2, 0) is 6.54 Å². The number of aryl methyl sites for hydroxylation is 1. The lowest BCUT2D eigenvalue weighted by Crippen LogP contribution is -2.40. The zero-order valence-corrected chi connectivity index (χ0v) is 16.2. The van der Waals surface area contributed by atoms with Gasteiger partial charge in [-0.15, -0.1) is 0 Å². The fourth-order valence-electron chi connectivity index (χ4n) is 3.95. The Morgan fingerprint density at radius 1 is 1.29 bits per heavy atom. The first-order valence-corrected chi connectivity index (χ1v) is 10.0. The minimum Gasteiger partial charge on any atom is -0.338 e. The van der Waals surface area contributed by atoms with E-state index in [-0.39, 0.29) is 11.8 Å². The van der Waals surface area contributed by atoms with Crippen molar-refractivity contribution < 1.29 is 4.79 Å². The molecule has 0 spiro atoms. The lowest BCUT2D eigenvalue weighted by atomic mass is 9.95. The van der Waals surface area contributed by atoms with E-state index in [4.69, 9.17) is 0 Å². The molecule has 1 N–H and O–H groups in total. The van der Waals surface area contributed by atoms with E-state index in [1.165, 1.54) is 6.33 Å². The Morgan fingerprint density at radius 3 is 3.00 bits per heavy atom. The van der Waals surface area contributed by atoms with Gasteiger partial charge in [-0.25, -0.2) is 9.97 Å². The predicted octanol–water partition coefficient (Wildman–Crippen LogP) is 3.49. The largest absolute Gasteiger partial charge is 0.338 e. The van der Waals surface area contributed by atoms with Crippen LogP contribution in [-0.4, -0.2) is 48.6 Å². The first kappa shape index (κ1) is 18.4. The Bertz CT molecular complexity index is 917. The number of nitrogens with zero attached hydrogens (tertiary/aromatic N) is 5. The van der Waals surface area contributed by atoms with Gasteiger partial charge in [0.15, 0.2) is 5.82 Å². The average Bonchev–Trinajstić information content (AvgIpc) is 3.44. The van der Waals surface area contributed by atoms with E-state index in [1.807, 2.05) is 35.4 Å². The molecule has 0 bridgehead atoms. The lowest BCUT2D eigenvalue weighted by Gasteiger charge is -2.33. The van der Waals surface area contributed by atoms with E-state index in [0.717, 1.165) is 50.2 Å². The molecule has 1 atom stereocenters. The van der Waals surface area contributed by atoms with E-state index in [1.54, 1.807) is 0 Å². The summed E-state index contributed by atoms with van der Waals surface area (Å²) in [5.74, 6) is 2.05. The van der Waals surface area contributed by atoms with E-state index in [2.05, 4.69) is 37.9 Å². The van der Waals surface area contributed by atoms with Crippen molar-refractivity contribution in [1.29, 1.82) is 0 Å². The topological polar surface area (TPSA) is 79.7 Å². The number of aromatic nitrogens is 5. The number of hydrogen-bond acceptors (Lipinski definition) is 4. The van der Waals surface area contributed by atoms with Gasteiger partial charge in [0.25, 0.3) is 5.91 Å². The first-order valence-electron chi connectivity index (χ1n) is 10.0. The van der Waals surface area contributed by atoms with E-state index in [9.17, 15) is 4.79 Å². The second-order valence-corrected chi connectivity index (χ2v) is 7.30. The molecular weight excluding hydrogens is 352 g/mol. The van der Waals surface area contributed by atoms with Crippen molar-refractivity contribution in [2.24, 2.45) is 0 Å². The fraction of sp³-hybridized carbons (Fsp3) is 0.429. The molecule has 1 aliphatic heterocycles. The number of aromatic amines is 1. The van der Waals surface area contributed by atoms with Crippen LogP contribution in [0.4, 0.5) is 0 Å². The van der Waals surface area contributed by atoms with Crippen LogP contribution in [0.2, 0.25) is 0 Å². The molecule has 1 saturated heterocycles. The highest BCUT2D eigenvalue weighted by Gasteiger charge is 2.29. The molecule has 4 rings (SSSR count). The van der Waals surface area contributed by atoms with Gasteiger partial charge in [0.1, 0.15) is 12.2 Å². The number of piperidine rings is 1. The third-order valence-electron chi connectivity index (χ3n) is 5.40. The maximum atomic E-state index is 13.3. The van der Waals surface area contributed by atoms with Gasteiger partial charge >= 0.3 is 0 Å². The third-order valence-corrected chi connectivity index (χ3v) is 5.40. The zero-order valence-electron chi connectivity index (χ0n) is 16.2. The van der Waals surface area contributed by atoms with Crippen LogP contribution in [0.1, 0.15) is 54.7 Å². The van der Waals surface area contributed by atoms with Crippen molar-refractivity contribution in [3.05, 3.63) is 54.4 Å². The maximum Gasteiger partial charge on any atom is 0.254 e. The van der Waals surface area contributed by atoms with Gasteiger partial charge in [-0.3, -0.25) is 9.89 Å². The molecule has 1 aromatic carbocycles. The number of amides is 1. The quantitative estimate of drug-likeness (QED) is 0.712. The second-order valence-electron chi connectivity index (χ2n) is 7.30. The summed E-state index contributed by atoms with van der Waals surface area (Å²) in [5, 5.41) is 6.78. The number of benzene rings is 1. The number of carbonyl (C=O) groups excluding carboxylic acids is 1. The summed E-state index contributed by atoms with van der Waals surface area (Å²) in [6.07, 6.45) is 9.76. The highest BCUT2D eigenvalue weighted by Crippen LogP contribution is 2.29. The number of imidazole rings is 1. The maximum absolute atomic E-state index is 13.3. The molecule has 2 aromatic heterocycles. The summed E-state index contributed by atoms with van der Waals surface area (Å²) in [5.41, 5.74) is 1.45. The molecule has 7 nitrogen and oxygen atoms in total. The Balaban J connectivity index is 1.55. The first-order chi connectivity index (χ1) is 13.8. The van der Waals surface area contributed by atoms with Crippen molar-refractivity contribution in [2.75, 3.05) is 13.1 Å². The zero-order chi connectivity index (χ0) is 19.3. The van der Waals surface area contributed by atoms with Crippen LogP contribution in [0.3, 0.4) is 0 Å². The van der Waals surface area contributed by atoms with Crippen LogP contribution in [0.5, 0.6) is 0 Å². The molecule has 3 aromatic rings. The van der Waals surface area contributed by atoms with Gasteiger partial charge in [-0.1, -0.05) is 31.5 Å². The Labute approximate surface area is 164 Å². The molecule has 3 heterocycles. The molecule has 1 fully saturated rings. The van der Waals surface area contributed by atoms with E-state index < -0.39 is 0 Å².